The summed E-state index contributed by atoms with van der Waals surface area (Å²) in [4.78, 5) is 16.0. The summed E-state index contributed by atoms with van der Waals surface area (Å²) in [5, 5.41) is 4.07. The van der Waals surface area contributed by atoms with E-state index >= 15 is 0 Å². The van der Waals surface area contributed by atoms with Gasteiger partial charge in [-0.1, -0.05) is 43.0 Å². The highest BCUT2D eigenvalue weighted by Crippen LogP contribution is 2.19. The van der Waals surface area contributed by atoms with E-state index in [9.17, 15) is 4.79 Å². The second-order valence-electron chi connectivity index (χ2n) is 7.44. The molecule has 24 heavy (non-hydrogen) atoms. The summed E-state index contributed by atoms with van der Waals surface area (Å²) in [6.07, 6.45) is 6.03. The molecule has 0 radical (unpaired) electrons. The van der Waals surface area contributed by atoms with E-state index in [0.717, 1.165) is 49.6 Å². The van der Waals surface area contributed by atoms with Gasteiger partial charge in [0, 0.05) is 16.6 Å². The van der Waals surface area contributed by atoms with Gasteiger partial charge in [-0.05, 0) is 25.0 Å². The number of amides is 1. The van der Waals surface area contributed by atoms with E-state index in [2.05, 4.69) is 12.4 Å². The number of carbonyl (C=O) groups is 1. The van der Waals surface area contributed by atoms with Crippen LogP contribution in [-0.4, -0.2) is 45.2 Å². The molecule has 1 aliphatic heterocycles. The Kier molecular flexibility index (Phi) is 6.14. The largest absolute Gasteiger partial charge is 0.348 e. The van der Waals surface area contributed by atoms with Gasteiger partial charge in [0.1, 0.15) is 26.2 Å². The predicted octanol–water partition coefficient (Wildman–Crippen LogP) is 0.243. The number of likely N-dealkylation sites (N-methyl/N-ethyl adjacent to an activating group) is 1. The first kappa shape index (κ1) is 17.7. The van der Waals surface area contributed by atoms with Gasteiger partial charge < -0.3 is 15.1 Å². The third kappa shape index (κ3) is 4.50. The van der Waals surface area contributed by atoms with E-state index in [0.29, 0.717) is 6.04 Å². The molecule has 1 unspecified atom stereocenters. The highest BCUT2D eigenvalue weighted by atomic mass is 35.5. The van der Waals surface area contributed by atoms with Crippen LogP contribution < -0.4 is 15.1 Å². The molecule has 1 heterocycles. The Labute approximate surface area is 150 Å². The lowest BCUT2D eigenvalue weighted by molar-refractivity contribution is -1.01. The minimum Gasteiger partial charge on any atom is -0.348 e. The molecule has 3 rings (SSSR count). The Hall–Kier alpha value is -1.10. The number of hydrogen-bond acceptors (Lipinski definition) is 1. The summed E-state index contributed by atoms with van der Waals surface area (Å²) in [7, 11) is 2.23. The Morgan fingerprint density at radius 1 is 1.08 bits per heavy atom. The van der Waals surface area contributed by atoms with Crippen molar-refractivity contribution in [1.29, 1.82) is 0 Å². The zero-order chi connectivity index (χ0) is 16.9. The van der Waals surface area contributed by atoms with Crippen LogP contribution in [0.25, 0.3) is 0 Å². The lowest BCUT2D eigenvalue weighted by Gasteiger charge is -2.34. The maximum absolute atomic E-state index is 13.1. The van der Waals surface area contributed by atoms with E-state index in [4.69, 9.17) is 11.6 Å². The molecule has 1 saturated carbocycles. The van der Waals surface area contributed by atoms with Crippen LogP contribution in [-0.2, 0) is 4.79 Å². The van der Waals surface area contributed by atoms with Crippen molar-refractivity contribution in [2.45, 2.75) is 44.2 Å². The summed E-state index contributed by atoms with van der Waals surface area (Å²) in [6.45, 7) is 4.32. The van der Waals surface area contributed by atoms with E-state index in [1.54, 1.807) is 4.90 Å². The van der Waals surface area contributed by atoms with Crippen molar-refractivity contribution in [3.63, 3.8) is 0 Å². The van der Waals surface area contributed by atoms with Crippen molar-refractivity contribution in [2.75, 3.05) is 33.2 Å². The molecule has 5 heteroatoms. The van der Waals surface area contributed by atoms with Crippen LogP contribution in [0.4, 0.5) is 0 Å². The van der Waals surface area contributed by atoms with Gasteiger partial charge in [0.05, 0.1) is 7.05 Å². The third-order valence-corrected chi connectivity index (χ3v) is 5.82. The number of halogens is 1. The SMILES string of the molecule is C[NH+]1CC[NH+](C(C(=O)NC2CCCCC2)c2ccc(Cl)cc2)CC1. The van der Waals surface area contributed by atoms with Crippen molar-refractivity contribution in [3.8, 4) is 0 Å². The monoisotopic (exact) mass is 351 g/mol. The van der Waals surface area contributed by atoms with Crippen LogP contribution in [0.3, 0.4) is 0 Å². The predicted molar refractivity (Wildman–Crippen MR) is 96.5 cm³/mol. The zero-order valence-corrected chi connectivity index (χ0v) is 15.4. The van der Waals surface area contributed by atoms with Crippen molar-refractivity contribution in [3.05, 3.63) is 34.9 Å². The fourth-order valence-corrected chi connectivity index (χ4v) is 4.17. The number of nitrogens with one attached hydrogen (secondary N) is 3. The molecule has 1 aliphatic carbocycles. The molecule has 0 aromatic heterocycles. The van der Waals surface area contributed by atoms with Gasteiger partial charge >= 0.3 is 0 Å². The molecule has 4 nitrogen and oxygen atoms in total. The first-order valence-corrected chi connectivity index (χ1v) is 9.73. The summed E-state index contributed by atoms with van der Waals surface area (Å²) in [5.74, 6) is 0.193. The number of rotatable bonds is 4. The Morgan fingerprint density at radius 3 is 2.33 bits per heavy atom. The second kappa shape index (κ2) is 8.32. The molecular weight excluding hydrogens is 322 g/mol. The molecule has 2 aliphatic rings. The van der Waals surface area contributed by atoms with Crippen molar-refractivity contribution in [1.82, 2.24) is 5.32 Å². The van der Waals surface area contributed by atoms with E-state index < -0.39 is 0 Å². The minimum atomic E-state index is -0.114. The average molecular weight is 352 g/mol. The molecule has 132 valence electrons. The molecule has 0 bridgehead atoms. The van der Waals surface area contributed by atoms with E-state index in [-0.39, 0.29) is 11.9 Å². The van der Waals surface area contributed by atoms with Crippen LogP contribution >= 0.6 is 11.6 Å². The second-order valence-corrected chi connectivity index (χ2v) is 7.88. The number of benzene rings is 1. The number of quaternary nitrogens is 2. The summed E-state index contributed by atoms with van der Waals surface area (Å²) >= 11 is 6.05. The van der Waals surface area contributed by atoms with Gasteiger partial charge in [0.15, 0.2) is 6.04 Å². The number of piperazine rings is 1. The first-order chi connectivity index (χ1) is 11.6. The Morgan fingerprint density at radius 2 is 1.71 bits per heavy atom. The van der Waals surface area contributed by atoms with Crippen LogP contribution in [0.5, 0.6) is 0 Å². The van der Waals surface area contributed by atoms with Gasteiger partial charge in [-0.2, -0.15) is 0 Å². The molecule has 1 atom stereocenters. The quantitative estimate of drug-likeness (QED) is 0.714. The molecule has 3 N–H and O–H groups in total. The van der Waals surface area contributed by atoms with E-state index in [1.165, 1.54) is 24.2 Å². The third-order valence-electron chi connectivity index (χ3n) is 5.57. The van der Waals surface area contributed by atoms with Crippen LogP contribution in [0.15, 0.2) is 24.3 Å². The highest BCUT2D eigenvalue weighted by molar-refractivity contribution is 6.30. The average Bonchev–Trinajstić information content (AvgIpc) is 2.59. The van der Waals surface area contributed by atoms with Gasteiger partial charge in [-0.25, -0.2) is 0 Å². The number of carbonyl (C=O) groups excluding carboxylic acids is 1. The maximum atomic E-state index is 13.1. The van der Waals surface area contributed by atoms with Crippen molar-refractivity contribution < 1.29 is 14.6 Å². The lowest BCUT2D eigenvalue weighted by atomic mass is 9.94. The molecule has 1 saturated heterocycles. The number of hydrogen-bond donors (Lipinski definition) is 3. The molecule has 1 aromatic carbocycles. The van der Waals surface area contributed by atoms with Crippen LogP contribution in [0.2, 0.25) is 5.02 Å². The molecule has 1 amide bonds. The fourth-order valence-electron chi connectivity index (χ4n) is 4.05. The van der Waals surface area contributed by atoms with E-state index in [1.807, 2.05) is 24.3 Å². The topological polar surface area (TPSA) is 38.0 Å². The Bertz CT molecular complexity index is 534. The van der Waals surface area contributed by atoms with Gasteiger partial charge in [-0.3, -0.25) is 4.79 Å². The fraction of sp³-hybridized carbons (Fsp3) is 0.632. The van der Waals surface area contributed by atoms with Crippen molar-refractivity contribution >= 4 is 17.5 Å². The van der Waals surface area contributed by atoms with Gasteiger partial charge in [0.2, 0.25) is 0 Å². The minimum absolute atomic E-state index is 0.114. The molecule has 2 fully saturated rings. The molecule has 1 aromatic rings. The normalized spacial score (nSPS) is 26.8. The summed E-state index contributed by atoms with van der Waals surface area (Å²) < 4.78 is 0. The molecule has 0 spiro atoms. The standard InChI is InChI=1S/C19H28ClN3O/c1-22-11-13-23(14-12-22)18(15-7-9-16(20)10-8-15)19(24)21-17-5-3-2-4-6-17/h7-10,17-18H,2-6,11-14H2,1H3,(H,21,24)/p+2. The van der Waals surface area contributed by atoms with Crippen LogP contribution in [0.1, 0.15) is 43.7 Å². The highest BCUT2D eigenvalue weighted by Gasteiger charge is 2.35. The zero-order valence-electron chi connectivity index (χ0n) is 14.6. The summed E-state index contributed by atoms with van der Waals surface area (Å²) in [6, 6.07) is 8.09. The maximum Gasteiger partial charge on any atom is 0.283 e. The lowest BCUT2D eigenvalue weighted by Crippen LogP contribution is -3.27. The smallest absolute Gasteiger partial charge is 0.283 e. The summed E-state index contributed by atoms with van der Waals surface area (Å²) in [5.41, 5.74) is 1.09. The van der Waals surface area contributed by atoms with Crippen LogP contribution in [0, 0.1) is 0 Å². The van der Waals surface area contributed by atoms with Gasteiger partial charge in [-0.15, -0.1) is 0 Å². The first-order valence-electron chi connectivity index (χ1n) is 9.35. The van der Waals surface area contributed by atoms with Crippen molar-refractivity contribution in [2.24, 2.45) is 0 Å². The Balaban J connectivity index is 1.75. The van der Waals surface area contributed by atoms with Gasteiger partial charge in [0.25, 0.3) is 5.91 Å². The molecular formula is C19H30ClN3O+2.